The fourth-order valence-electron chi connectivity index (χ4n) is 2.14. The topological polar surface area (TPSA) is 46.3 Å². The van der Waals surface area contributed by atoms with E-state index >= 15 is 0 Å². The molecular formula is C13H17BrN2O. The number of hydrogen-bond donors (Lipinski definition) is 1. The number of benzene rings is 1. The molecule has 0 saturated heterocycles. The van der Waals surface area contributed by atoms with Crippen molar-refractivity contribution in [1.29, 1.82) is 0 Å². The number of fused-ring (bicyclic) bond motifs is 1. The van der Waals surface area contributed by atoms with Gasteiger partial charge in [-0.15, -0.1) is 0 Å². The maximum absolute atomic E-state index is 12.1. The lowest BCUT2D eigenvalue weighted by Gasteiger charge is -2.33. The normalized spacial score (nSPS) is 15.6. The molecule has 0 aliphatic carbocycles. The number of carbonyl (C=O) groups is 1. The second-order valence-electron chi connectivity index (χ2n) is 5.08. The van der Waals surface area contributed by atoms with Crippen LogP contribution in [0.15, 0.2) is 22.7 Å². The van der Waals surface area contributed by atoms with Gasteiger partial charge in [0.05, 0.1) is 5.54 Å². The van der Waals surface area contributed by atoms with E-state index in [1.807, 2.05) is 17.0 Å². The first-order valence-electron chi connectivity index (χ1n) is 5.74. The molecule has 1 amide bonds. The van der Waals surface area contributed by atoms with Gasteiger partial charge in [0.1, 0.15) is 0 Å². The Balaban J connectivity index is 2.23. The molecule has 0 unspecified atom stereocenters. The second-order valence-corrected chi connectivity index (χ2v) is 5.93. The van der Waals surface area contributed by atoms with E-state index in [4.69, 9.17) is 5.73 Å². The average Bonchev–Trinajstić information content (AvgIpc) is 2.26. The van der Waals surface area contributed by atoms with E-state index in [0.29, 0.717) is 6.54 Å². The average molecular weight is 297 g/mol. The van der Waals surface area contributed by atoms with Crippen LogP contribution in [0.3, 0.4) is 0 Å². The molecule has 0 aromatic heterocycles. The van der Waals surface area contributed by atoms with Crippen molar-refractivity contribution in [2.75, 3.05) is 6.54 Å². The lowest BCUT2D eigenvalue weighted by atomic mass is 9.97. The van der Waals surface area contributed by atoms with E-state index in [9.17, 15) is 4.79 Å². The van der Waals surface area contributed by atoms with E-state index in [0.717, 1.165) is 17.4 Å². The highest BCUT2D eigenvalue weighted by Crippen LogP contribution is 2.27. The second kappa shape index (κ2) is 4.42. The van der Waals surface area contributed by atoms with Gasteiger partial charge in [-0.05, 0) is 37.5 Å². The molecule has 1 aromatic rings. The Labute approximate surface area is 110 Å². The Morgan fingerprint density at radius 2 is 2.18 bits per heavy atom. The molecule has 4 heteroatoms. The van der Waals surface area contributed by atoms with Crippen molar-refractivity contribution >= 4 is 21.8 Å². The zero-order chi connectivity index (χ0) is 12.6. The maximum Gasteiger partial charge on any atom is 0.242 e. The van der Waals surface area contributed by atoms with Crippen molar-refractivity contribution in [3.63, 3.8) is 0 Å². The van der Waals surface area contributed by atoms with Gasteiger partial charge in [0.2, 0.25) is 5.91 Å². The third-order valence-corrected chi connectivity index (χ3v) is 3.79. The van der Waals surface area contributed by atoms with Crippen LogP contribution in [0, 0.1) is 0 Å². The van der Waals surface area contributed by atoms with Gasteiger partial charge in [-0.3, -0.25) is 4.79 Å². The number of halogens is 1. The molecule has 0 atom stereocenters. The highest BCUT2D eigenvalue weighted by Gasteiger charge is 2.30. The molecule has 0 bridgehead atoms. The molecule has 1 aliphatic heterocycles. The quantitative estimate of drug-likeness (QED) is 0.862. The molecule has 92 valence electrons. The van der Waals surface area contributed by atoms with Gasteiger partial charge in [-0.25, -0.2) is 0 Å². The van der Waals surface area contributed by atoms with E-state index < -0.39 is 5.54 Å². The SMILES string of the molecule is CC(C)(N)C(=O)N1CCc2c(Br)cccc2C1. The minimum Gasteiger partial charge on any atom is -0.336 e. The van der Waals surface area contributed by atoms with Gasteiger partial charge in [0, 0.05) is 17.6 Å². The van der Waals surface area contributed by atoms with Gasteiger partial charge in [-0.2, -0.15) is 0 Å². The minimum atomic E-state index is -0.788. The summed E-state index contributed by atoms with van der Waals surface area (Å²) in [5, 5.41) is 0. The van der Waals surface area contributed by atoms with Gasteiger partial charge in [0.25, 0.3) is 0 Å². The molecule has 0 fully saturated rings. The lowest BCUT2D eigenvalue weighted by Crippen LogP contribution is -2.52. The largest absolute Gasteiger partial charge is 0.336 e. The highest BCUT2D eigenvalue weighted by molar-refractivity contribution is 9.10. The summed E-state index contributed by atoms with van der Waals surface area (Å²) in [5.41, 5.74) is 7.59. The first kappa shape index (κ1) is 12.6. The van der Waals surface area contributed by atoms with Gasteiger partial charge < -0.3 is 10.6 Å². The molecule has 3 nitrogen and oxygen atoms in total. The van der Waals surface area contributed by atoms with Crippen molar-refractivity contribution in [1.82, 2.24) is 4.90 Å². The van der Waals surface area contributed by atoms with Crippen LogP contribution in [0.5, 0.6) is 0 Å². The molecular weight excluding hydrogens is 280 g/mol. The minimum absolute atomic E-state index is 0.0168. The summed E-state index contributed by atoms with van der Waals surface area (Å²) < 4.78 is 1.13. The summed E-state index contributed by atoms with van der Waals surface area (Å²) in [6, 6.07) is 6.12. The Bertz CT molecular complexity index is 451. The van der Waals surface area contributed by atoms with E-state index in [1.165, 1.54) is 11.1 Å². The monoisotopic (exact) mass is 296 g/mol. The number of rotatable bonds is 1. The zero-order valence-corrected chi connectivity index (χ0v) is 11.8. The molecule has 17 heavy (non-hydrogen) atoms. The first-order chi connectivity index (χ1) is 7.89. The number of nitrogens with two attached hydrogens (primary N) is 1. The van der Waals surface area contributed by atoms with Crippen LogP contribution in [-0.2, 0) is 17.8 Å². The summed E-state index contributed by atoms with van der Waals surface area (Å²) in [6.07, 6.45) is 0.887. The molecule has 1 aromatic carbocycles. The summed E-state index contributed by atoms with van der Waals surface area (Å²) >= 11 is 3.55. The summed E-state index contributed by atoms with van der Waals surface area (Å²) in [5.74, 6) is 0.0168. The highest BCUT2D eigenvalue weighted by atomic mass is 79.9. The van der Waals surface area contributed by atoms with E-state index in [2.05, 4.69) is 22.0 Å². The lowest BCUT2D eigenvalue weighted by molar-refractivity contribution is -0.136. The molecule has 0 radical (unpaired) electrons. The third-order valence-electron chi connectivity index (χ3n) is 3.05. The predicted octanol–water partition coefficient (Wildman–Crippen LogP) is 2.07. The fraction of sp³-hybridized carbons (Fsp3) is 0.462. The van der Waals surface area contributed by atoms with Crippen molar-refractivity contribution in [2.45, 2.75) is 32.4 Å². The van der Waals surface area contributed by atoms with Crippen molar-refractivity contribution in [3.8, 4) is 0 Å². The number of nitrogens with zero attached hydrogens (tertiary/aromatic N) is 1. The van der Waals surface area contributed by atoms with Crippen LogP contribution in [0.2, 0.25) is 0 Å². The summed E-state index contributed by atoms with van der Waals surface area (Å²) in [7, 11) is 0. The number of carbonyl (C=O) groups excluding carboxylic acids is 1. The van der Waals surface area contributed by atoms with Gasteiger partial charge >= 0.3 is 0 Å². The number of hydrogen-bond acceptors (Lipinski definition) is 2. The van der Waals surface area contributed by atoms with Crippen LogP contribution in [-0.4, -0.2) is 22.9 Å². The standard InChI is InChI=1S/C13H17BrN2O/c1-13(2,15)12(17)16-7-6-10-9(8-16)4-3-5-11(10)14/h3-5H,6-8,15H2,1-2H3. The first-order valence-corrected chi connectivity index (χ1v) is 6.53. The summed E-state index contributed by atoms with van der Waals surface area (Å²) in [6.45, 7) is 4.92. The van der Waals surface area contributed by atoms with Crippen LogP contribution >= 0.6 is 15.9 Å². The van der Waals surface area contributed by atoms with Crippen molar-refractivity contribution in [2.24, 2.45) is 5.73 Å². The third kappa shape index (κ3) is 2.53. The Morgan fingerprint density at radius 3 is 2.82 bits per heavy atom. The fourth-order valence-corrected chi connectivity index (χ4v) is 2.75. The molecule has 1 aliphatic rings. The zero-order valence-electron chi connectivity index (χ0n) is 10.2. The van der Waals surface area contributed by atoms with Crippen LogP contribution in [0.1, 0.15) is 25.0 Å². The van der Waals surface area contributed by atoms with Crippen molar-refractivity contribution in [3.05, 3.63) is 33.8 Å². The summed E-state index contributed by atoms with van der Waals surface area (Å²) in [4.78, 5) is 13.9. The maximum atomic E-state index is 12.1. The van der Waals surface area contributed by atoms with Crippen molar-refractivity contribution < 1.29 is 4.79 Å². The molecule has 2 N–H and O–H groups in total. The van der Waals surface area contributed by atoms with Crippen LogP contribution in [0.4, 0.5) is 0 Å². The Morgan fingerprint density at radius 1 is 1.47 bits per heavy atom. The molecule has 0 spiro atoms. The van der Waals surface area contributed by atoms with Gasteiger partial charge in [0.15, 0.2) is 0 Å². The van der Waals surface area contributed by atoms with Crippen LogP contribution in [0.25, 0.3) is 0 Å². The Kier molecular flexibility index (Phi) is 3.27. The molecule has 1 heterocycles. The van der Waals surface area contributed by atoms with Gasteiger partial charge in [-0.1, -0.05) is 28.1 Å². The smallest absolute Gasteiger partial charge is 0.242 e. The number of amides is 1. The molecule has 0 saturated carbocycles. The van der Waals surface area contributed by atoms with E-state index in [-0.39, 0.29) is 5.91 Å². The van der Waals surface area contributed by atoms with E-state index in [1.54, 1.807) is 13.8 Å². The molecule has 2 rings (SSSR count). The predicted molar refractivity (Wildman–Crippen MR) is 71.5 cm³/mol. The van der Waals surface area contributed by atoms with Crippen LogP contribution < -0.4 is 5.73 Å². The Hall–Kier alpha value is -0.870.